The van der Waals surface area contributed by atoms with Gasteiger partial charge in [-0.05, 0) is 13.0 Å². The van der Waals surface area contributed by atoms with E-state index in [2.05, 4.69) is 0 Å². The summed E-state index contributed by atoms with van der Waals surface area (Å²) in [6.45, 7) is 2.18. The number of hydrogen-bond acceptors (Lipinski definition) is 4. The number of nitrogens with zero attached hydrogens (tertiary/aromatic N) is 1. The van der Waals surface area contributed by atoms with E-state index in [1.165, 1.54) is 12.1 Å². The van der Waals surface area contributed by atoms with E-state index in [9.17, 15) is 10.1 Å². The summed E-state index contributed by atoms with van der Waals surface area (Å²) in [7, 11) is 0. The summed E-state index contributed by atoms with van der Waals surface area (Å²) in [5.41, 5.74) is 5.38. The van der Waals surface area contributed by atoms with Gasteiger partial charge in [-0.2, -0.15) is 0 Å². The molecule has 1 unspecified atom stereocenters. The summed E-state index contributed by atoms with van der Waals surface area (Å²) >= 11 is 0. The molecule has 1 atom stereocenters. The van der Waals surface area contributed by atoms with Gasteiger partial charge in [0.15, 0.2) is 0 Å². The Labute approximate surface area is 81.6 Å². The van der Waals surface area contributed by atoms with Crippen molar-refractivity contribution in [2.75, 3.05) is 6.54 Å². The molecule has 0 aliphatic heterocycles. The summed E-state index contributed by atoms with van der Waals surface area (Å²) in [5.74, 6) is 0.470. The van der Waals surface area contributed by atoms with Crippen LogP contribution in [0.2, 0.25) is 0 Å². The maximum absolute atomic E-state index is 10.4. The third kappa shape index (κ3) is 2.70. The van der Waals surface area contributed by atoms with Crippen LogP contribution in [-0.4, -0.2) is 17.6 Å². The Morgan fingerprint density at radius 3 is 2.93 bits per heavy atom. The number of nitrogens with two attached hydrogens (primary N) is 1. The van der Waals surface area contributed by atoms with Crippen LogP contribution < -0.4 is 10.5 Å². The van der Waals surface area contributed by atoms with E-state index in [1.54, 1.807) is 19.1 Å². The van der Waals surface area contributed by atoms with E-state index in [-0.39, 0.29) is 11.8 Å². The molecule has 0 radical (unpaired) electrons. The Kier molecular flexibility index (Phi) is 3.41. The van der Waals surface area contributed by atoms with E-state index < -0.39 is 4.92 Å². The highest BCUT2D eigenvalue weighted by molar-refractivity contribution is 5.38. The van der Waals surface area contributed by atoms with Crippen LogP contribution in [0.5, 0.6) is 5.75 Å². The minimum Gasteiger partial charge on any atom is -0.489 e. The van der Waals surface area contributed by atoms with Gasteiger partial charge < -0.3 is 10.5 Å². The fraction of sp³-hybridized carbons (Fsp3) is 0.333. The zero-order valence-electron chi connectivity index (χ0n) is 7.84. The second kappa shape index (κ2) is 4.57. The first-order valence-electron chi connectivity index (χ1n) is 4.24. The number of benzene rings is 1. The van der Waals surface area contributed by atoms with Crippen molar-refractivity contribution in [1.82, 2.24) is 0 Å². The molecule has 0 heterocycles. The minimum absolute atomic E-state index is 0.0201. The van der Waals surface area contributed by atoms with E-state index >= 15 is 0 Å². The highest BCUT2D eigenvalue weighted by atomic mass is 16.6. The Morgan fingerprint density at radius 1 is 1.64 bits per heavy atom. The van der Waals surface area contributed by atoms with Gasteiger partial charge in [0.2, 0.25) is 0 Å². The van der Waals surface area contributed by atoms with E-state index in [1.807, 2.05) is 0 Å². The molecule has 0 bridgehead atoms. The lowest BCUT2D eigenvalue weighted by Gasteiger charge is -2.11. The van der Waals surface area contributed by atoms with Crippen LogP contribution >= 0.6 is 0 Å². The second-order valence-electron chi connectivity index (χ2n) is 2.92. The standard InChI is InChI=1S/C9H12N2O3/c1-7(6-10)14-9-4-2-3-8(5-9)11(12)13/h2-5,7H,6,10H2,1H3. The third-order valence-electron chi connectivity index (χ3n) is 1.70. The predicted octanol–water partition coefficient (Wildman–Crippen LogP) is 1.32. The lowest BCUT2D eigenvalue weighted by molar-refractivity contribution is -0.384. The van der Waals surface area contributed by atoms with Crippen molar-refractivity contribution in [2.24, 2.45) is 5.73 Å². The Morgan fingerprint density at radius 2 is 2.36 bits per heavy atom. The molecule has 0 aliphatic rings. The zero-order valence-corrected chi connectivity index (χ0v) is 7.84. The monoisotopic (exact) mass is 196 g/mol. The quantitative estimate of drug-likeness (QED) is 0.581. The van der Waals surface area contributed by atoms with Gasteiger partial charge in [0.1, 0.15) is 11.9 Å². The van der Waals surface area contributed by atoms with Crippen LogP contribution in [-0.2, 0) is 0 Å². The average molecular weight is 196 g/mol. The first-order chi connectivity index (χ1) is 6.63. The van der Waals surface area contributed by atoms with Crippen LogP contribution in [0.3, 0.4) is 0 Å². The smallest absolute Gasteiger partial charge is 0.273 e. The Hall–Kier alpha value is -1.62. The van der Waals surface area contributed by atoms with Crippen molar-refractivity contribution in [2.45, 2.75) is 13.0 Å². The Balaban J connectivity index is 2.78. The fourth-order valence-corrected chi connectivity index (χ4v) is 0.951. The van der Waals surface area contributed by atoms with Gasteiger partial charge in [-0.25, -0.2) is 0 Å². The minimum atomic E-state index is -0.458. The zero-order chi connectivity index (χ0) is 10.6. The normalized spacial score (nSPS) is 12.1. The molecule has 1 aromatic carbocycles. The number of nitro benzene ring substituents is 1. The van der Waals surface area contributed by atoms with E-state index in [0.29, 0.717) is 12.3 Å². The molecule has 2 N–H and O–H groups in total. The van der Waals surface area contributed by atoms with Crippen molar-refractivity contribution < 1.29 is 9.66 Å². The lowest BCUT2D eigenvalue weighted by atomic mass is 10.3. The summed E-state index contributed by atoms with van der Waals surface area (Å²) in [4.78, 5) is 9.98. The fourth-order valence-electron chi connectivity index (χ4n) is 0.951. The van der Waals surface area contributed by atoms with Gasteiger partial charge in [0.25, 0.3) is 5.69 Å². The van der Waals surface area contributed by atoms with Crippen LogP contribution in [0.1, 0.15) is 6.92 Å². The van der Waals surface area contributed by atoms with Gasteiger partial charge in [-0.1, -0.05) is 6.07 Å². The molecule has 5 heteroatoms. The summed E-state index contributed by atoms with van der Waals surface area (Å²) in [6, 6.07) is 6.04. The van der Waals surface area contributed by atoms with E-state index in [0.717, 1.165) is 0 Å². The van der Waals surface area contributed by atoms with Gasteiger partial charge in [-0.15, -0.1) is 0 Å². The molecule has 14 heavy (non-hydrogen) atoms. The van der Waals surface area contributed by atoms with Gasteiger partial charge in [0, 0.05) is 12.6 Å². The SMILES string of the molecule is CC(CN)Oc1cccc([N+](=O)[O-])c1. The van der Waals surface area contributed by atoms with Crippen molar-refractivity contribution in [1.29, 1.82) is 0 Å². The molecule has 1 rings (SSSR count). The average Bonchev–Trinajstić information content (AvgIpc) is 2.18. The number of nitro groups is 1. The molecular formula is C9H12N2O3. The van der Waals surface area contributed by atoms with E-state index in [4.69, 9.17) is 10.5 Å². The first-order valence-corrected chi connectivity index (χ1v) is 4.24. The molecule has 0 aromatic heterocycles. The largest absolute Gasteiger partial charge is 0.489 e. The maximum atomic E-state index is 10.4. The van der Waals surface area contributed by atoms with Crippen LogP contribution in [0.4, 0.5) is 5.69 Å². The molecule has 0 saturated carbocycles. The first kappa shape index (κ1) is 10.5. The lowest BCUT2D eigenvalue weighted by Crippen LogP contribution is -2.22. The van der Waals surface area contributed by atoms with Crippen LogP contribution in [0.25, 0.3) is 0 Å². The number of non-ortho nitro benzene ring substituents is 1. The van der Waals surface area contributed by atoms with Crippen molar-refractivity contribution in [3.8, 4) is 5.75 Å². The third-order valence-corrected chi connectivity index (χ3v) is 1.70. The van der Waals surface area contributed by atoms with Gasteiger partial charge >= 0.3 is 0 Å². The summed E-state index contributed by atoms with van der Waals surface area (Å²) in [5, 5.41) is 10.4. The van der Waals surface area contributed by atoms with Gasteiger partial charge in [0.05, 0.1) is 11.0 Å². The van der Waals surface area contributed by atoms with Gasteiger partial charge in [-0.3, -0.25) is 10.1 Å². The van der Waals surface area contributed by atoms with Crippen LogP contribution in [0, 0.1) is 10.1 Å². The molecule has 0 fully saturated rings. The van der Waals surface area contributed by atoms with Crippen molar-refractivity contribution in [3.05, 3.63) is 34.4 Å². The predicted molar refractivity (Wildman–Crippen MR) is 52.2 cm³/mol. The number of hydrogen-bond donors (Lipinski definition) is 1. The molecule has 1 aromatic rings. The highest BCUT2D eigenvalue weighted by Crippen LogP contribution is 2.19. The molecule has 0 saturated heterocycles. The number of ether oxygens (including phenoxy) is 1. The molecule has 5 nitrogen and oxygen atoms in total. The topological polar surface area (TPSA) is 78.4 Å². The molecule has 0 spiro atoms. The molecular weight excluding hydrogens is 184 g/mol. The summed E-state index contributed by atoms with van der Waals surface area (Å²) < 4.78 is 5.32. The van der Waals surface area contributed by atoms with Crippen molar-refractivity contribution >= 4 is 5.69 Å². The molecule has 76 valence electrons. The molecule has 0 amide bonds. The molecule has 0 aliphatic carbocycles. The summed E-state index contributed by atoms with van der Waals surface area (Å²) in [6.07, 6.45) is -0.142. The van der Waals surface area contributed by atoms with Crippen LogP contribution in [0.15, 0.2) is 24.3 Å². The second-order valence-corrected chi connectivity index (χ2v) is 2.92. The number of rotatable bonds is 4. The highest BCUT2D eigenvalue weighted by Gasteiger charge is 2.07. The maximum Gasteiger partial charge on any atom is 0.273 e. The van der Waals surface area contributed by atoms with Crippen molar-refractivity contribution in [3.63, 3.8) is 0 Å². The Bertz CT molecular complexity index is 328.